The van der Waals surface area contributed by atoms with Gasteiger partial charge in [0.2, 0.25) is 0 Å². The van der Waals surface area contributed by atoms with Gasteiger partial charge < -0.3 is 69.4 Å². The number of phenolic OH excluding ortho intramolecular Hbond substituents is 2. The molecule has 2 aliphatic rings. The van der Waals surface area contributed by atoms with Crippen LogP contribution in [0.15, 0.2) is 113 Å². The van der Waals surface area contributed by atoms with Gasteiger partial charge in [0.15, 0.2) is 5.60 Å². The average molecular weight is 1350 g/mol. The van der Waals surface area contributed by atoms with Crippen molar-refractivity contribution in [2.45, 2.75) is 37.4 Å². The Bertz CT molecular complexity index is 2860. The quantitative estimate of drug-likeness (QED) is 0.00759. The molecule has 0 aliphatic carbocycles. The van der Waals surface area contributed by atoms with Crippen LogP contribution in [-0.2, 0) is 65.1 Å². The first-order valence-electron chi connectivity index (χ1n) is 23.3. The first-order chi connectivity index (χ1) is 35.7. The maximum atomic E-state index is 13.1. The molecule has 2 amide bonds. The number of anilines is 1. The number of aromatic hydroxyl groups is 2. The third kappa shape index (κ3) is 18.6. The van der Waals surface area contributed by atoms with E-state index in [0.29, 0.717) is 66.7 Å². The second-order valence-electron chi connectivity index (χ2n) is 17.3. The van der Waals surface area contributed by atoms with Crippen molar-refractivity contribution in [3.63, 3.8) is 0 Å². The van der Waals surface area contributed by atoms with Crippen LogP contribution in [0, 0.1) is 53.0 Å². The number of unbranched alkanes of at least 4 members (excludes halogenated alkanes) is 1. The number of carbonyl (C=O) groups excluding carboxylic acids is 3. The van der Waals surface area contributed by atoms with E-state index in [4.69, 9.17) is 28.9 Å². The topological polar surface area (TPSA) is 334 Å². The molecular weight excluding hydrogens is 1290 g/mol. The molecule has 0 radical (unpaired) electrons. The molecule has 9 N–H and O–H groups in total. The predicted molar refractivity (Wildman–Crippen MR) is 270 cm³/mol. The number of nitrogens with one attached hydrogen (secondary N) is 2. The number of aliphatic hydroxyl groups excluding tert-OH is 2. The van der Waals surface area contributed by atoms with Crippen molar-refractivity contribution in [2.75, 3.05) is 65.1 Å². The summed E-state index contributed by atoms with van der Waals surface area (Å²) in [4.78, 5) is 67.0. The number of hydrogen-bond donors (Lipinski definition) is 9. The Morgan fingerprint density at radius 3 is 1.86 bits per heavy atom. The number of hydrogen-bond acceptors (Lipinski definition) is 18. The number of fused-ring (bicyclic) bond motifs is 6. The number of azo groups is 1. The van der Waals surface area contributed by atoms with Crippen molar-refractivity contribution < 1.29 is 154 Å². The zero-order valence-electron chi connectivity index (χ0n) is 41.9. The molecule has 27 heteroatoms. The molecule has 0 saturated carbocycles. The van der Waals surface area contributed by atoms with Gasteiger partial charge in [-0.1, -0.05) is 6.42 Å². The van der Waals surface area contributed by atoms with Crippen molar-refractivity contribution >= 4 is 50.5 Å². The number of phosphoric acid groups is 2. The Morgan fingerprint density at radius 1 is 0.740 bits per heavy atom. The fraction of sp³-hybridized carbons (Fsp3) is 0.320. The summed E-state index contributed by atoms with van der Waals surface area (Å²) in [5.41, 5.74) is 3.27. The van der Waals surface area contributed by atoms with E-state index in [0.717, 1.165) is 11.4 Å². The summed E-state index contributed by atoms with van der Waals surface area (Å²) in [6.45, 7) is -0.154. The molecule has 2 aliphatic heterocycles. The summed E-state index contributed by atoms with van der Waals surface area (Å²) in [5.74, 6) is -1.36. The van der Waals surface area contributed by atoms with E-state index in [1.54, 1.807) is 42.5 Å². The predicted octanol–water partition coefficient (Wildman–Crippen LogP) is 6.87. The first-order valence-corrected chi connectivity index (χ1v) is 26.3. The zero-order valence-corrected chi connectivity index (χ0v) is 50.0. The van der Waals surface area contributed by atoms with Crippen molar-refractivity contribution in [2.24, 2.45) is 16.1 Å². The Labute approximate surface area is 496 Å². The van der Waals surface area contributed by atoms with Crippen molar-refractivity contribution in [3.05, 3.63) is 144 Å². The summed E-state index contributed by atoms with van der Waals surface area (Å²) >= 11 is 0. The van der Waals surface area contributed by atoms with Gasteiger partial charge in [-0.05, 0) is 110 Å². The number of carbonyl (C=O) groups is 3. The summed E-state index contributed by atoms with van der Waals surface area (Å²) in [7, 11) is -2.11. The molecule has 7 rings (SSSR count). The molecule has 23 nitrogen and oxygen atoms in total. The van der Waals surface area contributed by atoms with E-state index in [1.165, 1.54) is 36.4 Å². The first kappa shape index (κ1) is 65.2. The van der Waals surface area contributed by atoms with Gasteiger partial charge in [-0.3, -0.25) is 18.6 Å². The maximum Gasteiger partial charge on any atom is 0.469 e. The molecule has 3 unspecified atom stereocenters. The minimum absolute atomic E-state index is 0. The van der Waals surface area contributed by atoms with E-state index in [1.807, 2.05) is 43.3 Å². The van der Waals surface area contributed by atoms with E-state index in [2.05, 4.69) is 41.5 Å². The minimum Gasteiger partial charge on any atom is -0.508 e. The third-order valence-electron chi connectivity index (χ3n) is 11.5. The van der Waals surface area contributed by atoms with Crippen LogP contribution in [0.2, 0.25) is 0 Å². The Morgan fingerprint density at radius 2 is 1.30 bits per heavy atom. The number of nitrogens with zero attached hydrogens (tertiary/aromatic N) is 3. The maximum absolute atomic E-state index is 13.1. The molecule has 0 bridgehead atoms. The van der Waals surface area contributed by atoms with Crippen LogP contribution in [0.4, 0.5) is 17.1 Å². The molecule has 5 aromatic rings. The van der Waals surface area contributed by atoms with Crippen molar-refractivity contribution in [1.29, 1.82) is 0 Å². The second kappa shape index (κ2) is 30.3. The van der Waals surface area contributed by atoms with Gasteiger partial charge in [0, 0.05) is 159 Å². The molecule has 5 aromatic carbocycles. The summed E-state index contributed by atoms with van der Waals surface area (Å²) in [5, 5.41) is 53.1. The van der Waals surface area contributed by atoms with Gasteiger partial charge >= 0.3 is 21.6 Å². The smallest absolute Gasteiger partial charge is 0.469 e. The van der Waals surface area contributed by atoms with E-state index in [9.17, 15) is 43.9 Å². The van der Waals surface area contributed by atoms with E-state index >= 15 is 0 Å². The molecule has 3 atom stereocenters. The van der Waals surface area contributed by atoms with E-state index < -0.39 is 51.8 Å². The fourth-order valence-electron chi connectivity index (χ4n) is 7.71. The number of phenols is 2. The van der Waals surface area contributed by atoms with Gasteiger partial charge in [0.05, 0.1) is 36.8 Å². The molecule has 2 heterocycles. The van der Waals surface area contributed by atoms with Gasteiger partial charge in [0.1, 0.15) is 29.1 Å². The molecule has 1 spiro atoms. The number of rotatable bonds is 24. The zero-order chi connectivity index (χ0) is 54.3. The molecule has 0 aromatic heterocycles. The third-order valence-corrected chi connectivity index (χ3v) is 12.8. The number of ether oxygens (including phenoxy) is 3. The molecule has 0 saturated heterocycles. The van der Waals surface area contributed by atoms with Crippen molar-refractivity contribution in [3.8, 4) is 23.0 Å². The van der Waals surface area contributed by atoms with Crippen molar-refractivity contribution in [1.82, 2.24) is 10.6 Å². The standard InChI is InChI=1S/C28H28NO11P.C22H30N4O7P.Cd.Gd/c30-14-16(15-38-41(35,36)37)3-1-2-10-29-26(33)17-4-7-20-23(11-17)28(40-27(20)34)21-8-5-18(31)12-24(21)39-25-13-19(32)6-9-22(25)28;1-26(2)20-11-9-19(10-12-20)25-24-18-7-5-17(6-8-18)22(28)23-13-4-14-32-15-21(27)16-33-34(29,30)31-3;;/h4-9,11-13,16,30-32H,1-3,10,14-15H2,(H,29,33)(H2,35,36,37);5-12,21,27H,3-4,13-16H2,1-2H3,(H,23,28)(H,29,30);;/q;-1;;. The number of benzene rings is 5. The minimum atomic E-state index is -4.62. The molecule has 0 fully saturated rings. The van der Waals surface area contributed by atoms with Gasteiger partial charge in [-0.15, -0.1) is 0 Å². The van der Waals surface area contributed by atoms with Gasteiger partial charge in [-0.2, -0.15) is 10.2 Å². The number of aliphatic hydroxyl groups is 2. The van der Waals surface area contributed by atoms with Gasteiger partial charge in [-0.25, -0.2) is 21.0 Å². The number of phosphoric ester groups is 2. The molecular formula is C50H58CdGdN5O18P2-. The fourth-order valence-corrected chi connectivity index (χ4v) is 8.55. The Balaban J connectivity index is 0.000000330. The largest absolute Gasteiger partial charge is 0.508 e. The SMILES string of the molecule is O=C(NCCCCC(CO)COP(=O)(O)O)c1ccc2c(c1)C1(OC2=O)c2ccc(O)cc2Oc2cc(O)ccc21.[CH2-]OP(=O)(O)OCC(O)COCCCNC(=O)c1ccc(N=Nc2ccc(N(C)C)cc2)cc1.[Cd].[Gd]. The monoisotopic (exact) mass is 1350 g/mol. The summed E-state index contributed by atoms with van der Waals surface area (Å²) < 4.78 is 52.1. The normalized spacial score (nSPS) is 14.4. The molecule has 77 heavy (non-hydrogen) atoms. The Hall–Kier alpha value is -4.34. The number of amides is 2. The van der Waals surface area contributed by atoms with E-state index in [-0.39, 0.29) is 134 Å². The summed E-state index contributed by atoms with van der Waals surface area (Å²) in [6, 6.07) is 27.9. The Kier molecular flexibility index (Phi) is 25.6. The van der Waals surface area contributed by atoms with Gasteiger partial charge in [0.25, 0.3) is 11.8 Å². The average Bonchev–Trinajstić information content (AvgIpc) is 3.67. The summed E-state index contributed by atoms with van der Waals surface area (Å²) in [6.07, 6.45) is 0.967. The second-order valence-corrected chi connectivity index (χ2v) is 20.0. The van der Waals surface area contributed by atoms with Crippen LogP contribution in [0.1, 0.15) is 73.4 Å². The van der Waals surface area contributed by atoms with Crippen LogP contribution in [-0.4, -0.2) is 119 Å². The van der Waals surface area contributed by atoms with Crippen LogP contribution in [0.3, 0.4) is 0 Å². The molecule has 412 valence electrons. The van der Waals surface area contributed by atoms with Crippen LogP contribution >= 0.6 is 15.6 Å². The van der Waals surface area contributed by atoms with Crippen LogP contribution < -0.4 is 20.3 Å². The number of esters is 1. The van der Waals surface area contributed by atoms with Crippen LogP contribution in [0.25, 0.3) is 0 Å². The van der Waals surface area contributed by atoms with Crippen LogP contribution in [0.5, 0.6) is 23.0 Å².